The lowest BCUT2D eigenvalue weighted by Gasteiger charge is -2.12. The second-order valence-electron chi connectivity index (χ2n) is 4.55. The SMILES string of the molecule is O=P(O)(O)C(O)CCNCCCCc1ccccc1. The fraction of sp³-hybridized carbons (Fsp3) is 0.538. The van der Waals surface area contributed by atoms with E-state index in [1.54, 1.807) is 0 Å². The fourth-order valence-electron chi connectivity index (χ4n) is 1.75. The summed E-state index contributed by atoms with van der Waals surface area (Å²) in [7, 11) is -4.34. The maximum Gasteiger partial charge on any atom is 0.353 e. The van der Waals surface area contributed by atoms with Crippen LogP contribution in [0.1, 0.15) is 24.8 Å². The van der Waals surface area contributed by atoms with Crippen molar-refractivity contribution in [2.24, 2.45) is 0 Å². The molecule has 0 aliphatic heterocycles. The zero-order valence-electron chi connectivity index (χ0n) is 10.9. The highest BCUT2D eigenvalue weighted by Gasteiger charge is 2.25. The molecule has 1 rings (SSSR count). The van der Waals surface area contributed by atoms with Gasteiger partial charge in [0.05, 0.1) is 0 Å². The first kappa shape index (κ1) is 16.3. The molecule has 1 atom stereocenters. The van der Waals surface area contributed by atoms with Crippen molar-refractivity contribution >= 4 is 7.60 Å². The van der Waals surface area contributed by atoms with E-state index in [1.165, 1.54) is 5.56 Å². The van der Waals surface area contributed by atoms with E-state index in [2.05, 4.69) is 17.4 Å². The number of hydrogen-bond donors (Lipinski definition) is 4. The van der Waals surface area contributed by atoms with Crippen LogP contribution in [0.15, 0.2) is 30.3 Å². The van der Waals surface area contributed by atoms with Gasteiger partial charge in [0.15, 0.2) is 5.85 Å². The zero-order chi connectivity index (χ0) is 14.1. The first-order valence-corrected chi connectivity index (χ1v) is 8.16. The van der Waals surface area contributed by atoms with Crippen molar-refractivity contribution in [3.63, 3.8) is 0 Å². The van der Waals surface area contributed by atoms with E-state index in [1.807, 2.05) is 18.2 Å². The lowest BCUT2D eigenvalue weighted by Crippen LogP contribution is -2.21. The van der Waals surface area contributed by atoms with Crippen LogP contribution in [0.5, 0.6) is 0 Å². The van der Waals surface area contributed by atoms with Gasteiger partial charge in [0.2, 0.25) is 0 Å². The molecule has 0 bridgehead atoms. The minimum atomic E-state index is -4.34. The second-order valence-corrected chi connectivity index (χ2v) is 6.33. The summed E-state index contributed by atoms with van der Waals surface area (Å²) < 4.78 is 10.7. The molecule has 1 aromatic carbocycles. The highest BCUT2D eigenvalue weighted by atomic mass is 31.2. The Morgan fingerprint density at radius 2 is 1.79 bits per heavy atom. The van der Waals surface area contributed by atoms with Crippen LogP contribution in [0.3, 0.4) is 0 Å². The van der Waals surface area contributed by atoms with Gasteiger partial charge in [-0.2, -0.15) is 0 Å². The number of hydrogen-bond acceptors (Lipinski definition) is 3. The van der Waals surface area contributed by atoms with E-state index in [-0.39, 0.29) is 6.42 Å². The van der Waals surface area contributed by atoms with Crippen molar-refractivity contribution in [2.45, 2.75) is 31.5 Å². The van der Waals surface area contributed by atoms with Gasteiger partial charge in [-0.3, -0.25) is 4.57 Å². The van der Waals surface area contributed by atoms with Gasteiger partial charge in [-0.15, -0.1) is 0 Å². The molecule has 0 fully saturated rings. The molecule has 0 amide bonds. The molecule has 0 saturated heterocycles. The van der Waals surface area contributed by atoms with Gasteiger partial charge in [-0.05, 0) is 44.3 Å². The number of benzene rings is 1. The molecule has 5 nitrogen and oxygen atoms in total. The summed E-state index contributed by atoms with van der Waals surface area (Å²) in [5.74, 6) is -1.55. The molecule has 19 heavy (non-hydrogen) atoms. The Morgan fingerprint density at radius 1 is 1.11 bits per heavy atom. The molecular formula is C13H22NO4P. The Balaban J connectivity index is 1.99. The van der Waals surface area contributed by atoms with E-state index < -0.39 is 13.4 Å². The monoisotopic (exact) mass is 287 g/mol. The maximum atomic E-state index is 10.7. The molecule has 0 heterocycles. The summed E-state index contributed by atoms with van der Waals surface area (Å²) in [6.07, 6.45) is 3.18. The van der Waals surface area contributed by atoms with Crippen molar-refractivity contribution in [1.29, 1.82) is 0 Å². The van der Waals surface area contributed by atoms with Crippen LogP contribution in [0.4, 0.5) is 0 Å². The van der Waals surface area contributed by atoms with Crippen LogP contribution in [-0.4, -0.2) is 33.8 Å². The normalized spacial score (nSPS) is 13.4. The zero-order valence-corrected chi connectivity index (χ0v) is 11.8. The second kappa shape index (κ2) is 8.46. The molecule has 0 aliphatic carbocycles. The van der Waals surface area contributed by atoms with Crippen LogP contribution >= 0.6 is 7.60 Å². The van der Waals surface area contributed by atoms with Gasteiger partial charge in [0.1, 0.15) is 0 Å². The molecule has 0 aliphatic rings. The Bertz CT molecular complexity index is 393. The summed E-state index contributed by atoms with van der Waals surface area (Å²) in [6, 6.07) is 10.2. The van der Waals surface area contributed by atoms with Crippen LogP contribution in [0, 0.1) is 0 Å². The first-order valence-electron chi connectivity index (χ1n) is 6.48. The van der Waals surface area contributed by atoms with Crippen molar-refractivity contribution in [3.8, 4) is 0 Å². The average Bonchev–Trinajstić information content (AvgIpc) is 2.37. The molecule has 108 valence electrons. The van der Waals surface area contributed by atoms with E-state index >= 15 is 0 Å². The van der Waals surface area contributed by atoms with Crippen molar-refractivity contribution in [1.82, 2.24) is 5.32 Å². The number of unbranched alkanes of at least 4 members (excludes halogenated alkanes) is 1. The topological polar surface area (TPSA) is 89.8 Å². The van der Waals surface area contributed by atoms with Crippen molar-refractivity contribution in [2.75, 3.05) is 13.1 Å². The summed E-state index contributed by atoms with van der Waals surface area (Å²) in [5.41, 5.74) is 1.32. The minimum absolute atomic E-state index is 0.0724. The van der Waals surface area contributed by atoms with Gasteiger partial charge in [-0.1, -0.05) is 30.3 Å². The fourth-order valence-corrected chi connectivity index (χ4v) is 2.21. The third-order valence-corrected chi connectivity index (χ3v) is 3.91. The Labute approximate surface area is 113 Å². The highest BCUT2D eigenvalue weighted by molar-refractivity contribution is 7.52. The largest absolute Gasteiger partial charge is 0.380 e. The molecule has 1 aromatic rings. The lowest BCUT2D eigenvalue weighted by molar-refractivity contribution is 0.193. The maximum absolute atomic E-state index is 10.7. The third-order valence-electron chi connectivity index (χ3n) is 2.88. The molecule has 0 radical (unpaired) electrons. The molecule has 0 saturated carbocycles. The molecule has 0 aromatic heterocycles. The molecule has 0 spiro atoms. The minimum Gasteiger partial charge on any atom is -0.380 e. The van der Waals surface area contributed by atoms with E-state index in [0.717, 1.165) is 25.8 Å². The highest BCUT2D eigenvalue weighted by Crippen LogP contribution is 2.40. The average molecular weight is 287 g/mol. The van der Waals surface area contributed by atoms with E-state index in [0.29, 0.717) is 6.54 Å². The summed E-state index contributed by atoms with van der Waals surface area (Å²) >= 11 is 0. The number of rotatable bonds is 9. The van der Waals surface area contributed by atoms with Crippen LogP contribution in [0.2, 0.25) is 0 Å². The van der Waals surface area contributed by atoms with Crippen LogP contribution < -0.4 is 5.32 Å². The van der Waals surface area contributed by atoms with Gasteiger partial charge in [-0.25, -0.2) is 0 Å². The number of nitrogens with one attached hydrogen (secondary N) is 1. The van der Waals surface area contributed by atoms with Crippen molar-refractivity contribution in [3.05, 3.63) is 35.9 Å². The number of aliphatic hydroxyl groups excluding tert-OH is 1. The summed E-state index contributed by atoms with van der Waals surface area (Å²) in [6.45, 7) is 1.21. The Hall–Kier alpha value is -0.710. The lowest BCUT2D eigenvalue weighted by atomic mass is 10.1. The number of aliphatic hydroxyl groups is 1. The van der Waals surface area contributed by atoms with E-state index in [9.17, 15) is 4.57 Å². The standard InChI is InChI=1S/C13H22NO4P/c15-13(19(16,17)18)9-11-14-10-5-4-8-12-6-2-1-3-7-12/h1-3,6-7,13-15H,4-5,8-11H2,(H2,16,17,18). The Morgan fingerprint density at radius 3 is 2.42 bits per heavy atom. The number of aryl methyl sites for hydroxylation is 1. The van der Waals surface area contributed by atoms with E-state index in [4.69, 9.17) is 14.9 Å². The summed E-state index contributed by atoms with van der Waals surface area (Å²) in [4.78, 5) is 17.4. The molecule has 6 heteroatoms. The van der Waals surface area contributed by atoms with Crippen LogP contribution in [-0.2, 0) is 11.0 Å². The van der Waals surface area contributed by atoms with Crippen LogP contribution in [0.25, 0.3) is 0 Å². The van der Waals surface area contributed by atoms with Gasteiger partial charge < -0.3 is 20.2 Å². The predicted molar refractivity (Wildman–Crippen MR) is 74.9 cm³/mol. The Kier molecular flexibility index (Phi) is 7.28. The van der Waals surface area contributed by atoms with Gasteiger partial charge >= 0.3 is 7.60 Å². The predicted octanol–water partition coefficient (Wildman–Crippen LogP) is 1.49. The quantitative estimate of drug-likeness (QED) is 0.408. The molecule has 1 unspecified atom stereocenters. The molecular weight excluding hydrogens is 265 g/mol. The smallest absolute Gasteiger partial charge is 0.353 e. The third kappa shape index (κ3) is 7.45. The van der Waals surface area contributed by atoms with Gasteiger partial charge in [0, 0.05) is 0 Å². The van der Waals surface area contributed by atoms with Crippen molar-refractivity contribution < 1.29 is 19.5 Å². The van der Waals surface area contributed by atoms with Gasteiger partial charge in [0.25, 0.3) is 0 Å². The summed E-state index contributed by atoms with van der Waals surface area (Å²) in [5, 5.41) is 12.2. The first-order chi connectivity index (χ1) is 9.00. The molecule has 4 N–H and O–H groups in total.